The van der Waals surface area contributed by atoms with Crippen LogP contribution in [0.5, 0.6) is 5.75 Å². The molecule has 0 amide bonds. The largest absolute Gasteiger partial charge is 0.508 e. The molecule has 0 spiro atoms. The maximum absolute atomic E-state index is 9.47. The van der Waals surface area contributed by atoms with Crippen LogP contribution in [0.15, 0.2) is 12.1 Å². The van der Waals surface area contributed by atoms with Crippen LogP contribution in [0.25, 0.3) is 0 Å². The van der Waals surface area contributed by atoms with Crippen molar-refractivity contribution in [2.75, 3.05) is 12.3 Å². The number of aromatic hydroxyl groups is 1. The van der Waals surface area contributed by atoms with Gasteiger partial charge in [0.1, 0.15) is 5.75 Å². The second-order valence-electron chi connectivity index (χ2n) is 3.06. The van der Waals surface area contributed by atoms with E-state index in [0.29, 0.717) is 11.3 Å². The van der Waals surface area contributed by atoms with E-state index in [1.807, 2.05) is 0 Å². The number of hydrogen-bond acceptors (Lipinski definition) is 4. The Hall–Kier alpha value is -1.26. The smallest absolute Gasteiger partial charge is 0.120 e. The zero-order chi connectivity index (χ0) is 10.0. The SMILES string of the molecule is Cc1cc(O)c(C(N)CO)cc1N. The van der Waals surface area contributed by atoms with Crippen molar-refractivity contribution in [3.8, 4) is 5.75 Å². The number of phenolic OH excluding ortho intramolecular Hbond substituents is 1. The molecular formula is C9H14N2O2. The molecule has 72 valence electrons. The van der Waals surface area contributed by atoms with Gasteiger partial charge in [0.2, 0.25) is 0 Å². The number of anilines is 1. The molecule has 0 saturated carbocycles. The highest BCUT2D eigenvalue weighted by atomic mass is 16.3. The second-order valence-corrected chi connectivity index (χ2v) is 3.06. The summed E-state index contributed by atoms with van der Waals surface area (Å²) < 4.78 is 0. The number of rotatable bonds is 2. The molecule has 1 aromatic rings. The van der Waals surface area contributed by atoms with Crippen molar-refractivity contribution in [2.45, 2.75) is 13.0 Å². The molecule has 0 fully saturated rings. The molecular weight excluding hydrogens is 168 g/mol. The third-order valence-electron chi connectivity index (χ3n) is 2.01. The minimum atomic E-state index is -0.581. The summed E-state index contributed by atoms with van der Waals surface area (Å²) in [4.78, 5) is 0. The molecule has 1 aromatic carbocycles. The fourth-order valence-corrected chi connectivity index (χ4v) is 1.12. The van der Waals surface area contributed by atoms with Crippen LogP contribution in [-0.2, 0) is 0 Å². The average Bonchev–Trinajstić information content (AvgIpc) is 2.10. The molecule has 0 aliphatic rings. The van der Waals surface area contributed by atoms with E-state index < -0.39 is 6.04 Å². The van der Waals surface area contributed by atoms with Crippen LogP contribution in [0, 0.1) is 6.92 Å². The monoisotopic (exact) mass is 182 g/mol. The Bertz CT molecular complexity index is 313. The number of aliphatic hydroxyl groups is 1. The van der Waals surface area contributed by atoms with Crippen molar-refractivity contribution < 1.29 is 10.2 Å². The number of aryl methyl sites for hydroxylation is 1. The number of aliphatic hydroxyl groups excluding tert-OH is 1. The molecule has 0 aliphatic heterocycles. The Labute approximate surface area is 76.8 Å². The van der Waals surface area contributed by atoms with E-state index in [4.69, 9.17) is 16.6 Å². The first-order valence-corrected chi connectivity index (χ1v) is 4.01. The number of phenols is 1. The predicted octanol–water partition coefficient (Wildman–Crippen LogP) is 0.275. The first-order chi connectivity index (χ1) is 6.06. The van der Waals surface area contributed by atoms with Crippen LogP contribution in [0.4, 0.5) is 5.69 Å². The Morgan fingerprint density at radius 1 is 1.46 bits per heavy atom. The molecule has 1 atom stereocenters. The van der Waals surface area contributed by atoms with E-state index >= 15 is 0 Å². The lowest BCUT2D eigenvalue weighted by Gasteiger charge is -2.12. The fourth-order valence-electron chi connectivity index (χ4n) is 1.12. The molecule has 0 aromatic heterocycles. The second kappa shape index (κ2) is 3.64. The van der Waals surface area contributed by atoms with E-state index in [0.717, 1.165) is 5.56 Å². The zero-order valence-electron chi connectivity index (χ0n) is 7.49. The highest BCUT2D eigenvalue weighted by Gasteiger charge is 2.11. The molecule has 0 radical (unpaired) electrons. The molecule has 1 unspecified atom stereocenters. The number of hydrogen-bond donors (Lipinski definition) is 4. The quantitative estimate of drug-likeness (QED) is 0.390. The van der Waals surface area contributed by atoms with Gasteiger partial charge >= 0.3 is 0 Å². The molecule has 1 rings (SSSR count). The van der Waals surface area contributed by atoms with E-state index in [9.17, 15) is 5.11 Å². The van der Waals surface area contributed by atoms with Gasteiger partial charge in [-0.15, -0.1) is 0 Å². The minimum Gasteiger partial charge on any atom is -0.508 e. The number of benzene rings is 1. The average molecular weight is 182 g/mol. The standard InChI is InChI=1S/C9H14N2O2/c1-5-2-9(13)6(3-7(5)10)8(11)4-12/h2-3,8,12-13H,4,10-11H2,1H3. The molecule has 0 aliphatic carbocycles. The molecule has 6 N–H and O–H groups in total. The first kappa shape index (κ1) is 9.83. The van der Waals surface area contributed by atoms with Crippen LogP contribution in [0.2, 0.25) is 0 Å². The molecule has 0 bridgehead atoms. The van der Waals surface area contributed by atoms with Gasteiger partial charge in [0.05, 0.1) is 12.6 Å². The number of nitrogen functional groups attached to an aromatic ring is 1. The van der Waals surface area contributed by atoms with Gasteiger partial charge in [-0.1, -0.05) is 0 Å². The first-order valence-electron chi connectivity index (χ1n) is 4.01. The van der Waals surface area contributed by atoms with Gasteiger partial charge in [-0.2, -0.15) is 0 Å². The third kappa shape index (κ3) is 1.91. The van der Waals surface area contributed by atoms with Crippen LogP contribution in [-0.4, -0.2) is 16.8 Å². The van der Waals surface area contributed by atoms with Gasteiger partial charge in [0, 0.05) is 11.3 Å². The molecule has 13 heavy (non-hydrogen) atoms. The summed E-state index contributed by atoms with van der Waals surface area (Å²) >= 11 is 0. The van der Waals surface area contributed by atoms with Crippen LogP contribution in [0.1, 0.15) is 17.2 Å². The van der Waals surface area contributed by atoms with E-state index in [1.54, 1.807) is 19.1 Å². The maximum Gasteiger partial charge on any atom is 0.120 e. The van der Waals surface area contributed by atoms with Crippen LogP contribution >= 0.6 is 0 Å². The summed E-state index contributed by atoms with van der Waals surface area (Å²) in [5.41, 5.74) is 13.0. The fraction of sp³-hybridized carbons (Fsp3) is 0.333. The Kier molecular flexibility index (Phi) is 2.75. The molecule has 0 heterocycles. The van der Waals surface area contributed by atoms with Crippen LogP contribution < -0.4 is 11.5 Å². The highest BCUT2D eigenvalue weighted by molar-refractivity contribution is 5.54. The molecule has 4 heteroatoms. The summed E-state index contributed by atoms with van der Waals surface area (Å²) in [7, 11) is 0. The lowest BCUT2D eigenvalue weighted by atomic mass is 10.0. The van der Waals surface area contributed by atoms with Gasteiger partial charge in [0.25, 0.3) is 0 Å². The summed E-state index contributed by atoms with van der Waals surface area (Å²) in [6, 6.07) is 2.55. The molecule has 4 nitrogen and oxygen atoms in total. The lowest BCUT2D eigenvalue weighted by Crippen LogP contribution is -2.15. The lowest BCUT2D eigenvalue weighted by molar-refractivity contribution is 0.265. The van der Waals surface area contributed by atoms with Gasteiger partial charge < -0.3 is 21.7 Å². The normalized spacial score (nSPS) is 12.8. The van der Waals surface area contributed by atoms with Crippen molar-refractivity contribution in [3.05, 3.63) is 23.3 Å². The Morgan fingerprint density at radius 3 is 2.62 bits per heavy atom. The Balaban J connectivity index is 3.15. The van der Waals surface area contributed by atoms with Crippen LogP contribution in [0.3, 0.4) is 0 Å². The zero-order valence-corrected chi connectivity index (χ0v) is 7.49. The van der Waals surface area contributed by atoms with E-state index in [2.05, 4.69) is 0 Å². The van der Waals surface area contributed by atoms with Crippen molar-refractivity contribution in [2.24, 2.45) is 5.73 Å². The summed E-state index contributed by atoms with van der Waals surface area (Å²) in [6.45, 7) is 1.58. The topological polar surface area (TPSA) is 92.5 Å². The van der Waals surface area contributed by atoms with E-state index in [1.165, 1.54) is 0 Å². The predicted molar refractivity (Wildman–Crippen MR) is 51.3 cm³/mol. The summed E-state index contributed by atoms with van der Waals surface area (Å²) in [5, 5.41) is 18.3. The minimum absolute atomic E-state index is 0.0771. The van der Waals surface area contributed by atoms with Crippen molar-refractivity contribution in [1.82, 2.24) is 0 Å². The van der Waals surface area contributed by atoms with E-state index in [-0.39, 0.29) is 12.4 Å². The molecule has 0 saturated heterocycles. The summed E-state index contributed by atoms with van der Waals surface area (Å²) in [6.07, 6.45) is 0. The summed E-state index contributed by atoms with van der Waals surface area (Å²) in [5.74, 6) is 0.0771. The highest BCUT2D eigenvalue weighted by Crippen LogP contribution is 2.27. The maximum atomic E-state index is 9.47. The van der Waals surface area contributed by atoms with Gasteiger partial charge in [-0.3, -0.25) is 0 Å². The van der Waals surface area contributed by atoms with Gasteiger partial charge in [0.15, 0.2) is 0 Å². The van der Waals surface area contributed by atoms with Gasteiger partial charge in [-0.25, -0.2) is 0 Å². The van der Waals surface area contributed by atoms with Crippen molar-refractivity contribution in [1.29, 1.82) is 0 Å². The van der Waals surface area contributed by atoms with Crippen molar-refractivity contribution >= 4 is 5.69 Å². The third-order valence-corrected chi connectivity index (χ3v) is 2.01. The van der Waals surface area contributed by atoms with Gasteiger partial charge in [-0.05, 0) is 24.6 Å². The number of nitrogens with two attached hydrogens (primary N) is 2. The Morgan fingerprint density at radius 2 is 2.08 bits per heavy atom. The van der Waals surface area contributed by atoms with Crippen molar-refractivity contribution in [3.63, 3.8) is 0 Å².